The Hall–Kier alpha value is -3.09. The molecule has 2 aromatic heterocycles. The van der Waals surface area contributed by atoms with E-state index in [1.165, 1.54) is 23.0 Å². The number of nitrogens with one attached hydrogen (secondary N) is 2. The van der Waals surface area contributed by atoms with Crippen LogP contribution in [0, 0.1) is 12.7 Å². The summed E-state index contributed by atoms with van der Waals surface area (Å²) < 4.78 is 43.8. The Morgan fingerprint density at radius 3 is 2.97 bits per heavy atom. The van der Waals surface area contributed by atoms with Crippen molar-refractivity contribution in [3.8, 4) is 5.75 Å². The van der Waals surface area contributed by atoms with Gasteiger partial charge in [0.2, 0.25) is 0 Å². The van der Waals surface area contributed by atoms with Crippen LogP contribution in [0.2, 0.25) is 0 Å². The minimum absolute atomic E-state index is 0.162. The number of halogens is 1. The van der Waals surface area contributed by atoms with Crippen molar-refractivity contribution < 1.29 is 22.9 Å². The third-order valence-corrected chi connectivity index (χ3v) is 8.06. The Bertz CT molecular complexity index is 1350. The van der Waals surface area contributed by atoms with Crippen LogP contribution in [0.3, 0.4) is 0 Å². The summed E-state index contributed by atoms with van der Waals surface area (Å²) >= 11 is 0. The van der Waals surface area contributed by atoms with E-state index in [1.54, 1.807) is 19.2 Å². The van der Waals surface area contributed by atoms with E-state index >= 15 is 0 Å². The van der Waals surface area contributed by atoms with Crippen molar-refractivity contribution in [2.45, 2.75) is 19.4 Å². The summed E-state index contributed by atoms with van der Waals surface area (Å²) in [6.07, 6.45) is 3.47. The standard InChI is InChI=1S/C22H25FN6O4S/c1-14-17(22(30)28-34(31)8-5-24-6-9-34)11-29-20(14)21(25-13-26-29)27-18-3-2-15(23)10-19(18)33-16-4-7-32-12-16/h2-3,10-11,13,16,24H,4-9,12H2,1H3,(H,25,26,27)/t16-/m0/s1. The molecule has 2 saturated heterocycles. The first-order valence-corrected chi connectivity index (χ1v) is 12.9. The number of aryl methyl sites for hydroxylation is 1. The smallest absolute Gasteiger partial charge is 0.287 e. The van der Waals surface area contributed by atoms with Crippen LogP contribution >= 0.6 is 0 Å². The zero-order valence-electron chi connectivity index (χ0n) is 18.6. The highest BCUT2D eigenvalue weighted by Crippen LogP contribution is 2.32. The van der Waals surface area contributed by atoms with E-state index in [9.17, 15) is 13.4 Å². The summed E-state index contributed by atoms with van der Waals surface area (Å²) in [7, 11) is -2.58. The third-order valence-electron chi connectivity index (χ3n) is 5.88. The summed E-state index contributed by atoms with van der Waals surface area (Å²) in [6, 6.07) is 4.21. The van der Waals surface area contributed by atoms with E-state index < -0.39 is 21.5 Å². The number of ether oxygens (including phenoxy) is 2. The number of carbonyl (C=O) groups is 1. The normalized spacial score (nSPS) is 19.8. The van der Waals surface area contributed by atoms with Crippen LogP contribution in [0.5, 0.6) is 5.75 Å². The van der Waals surface area contributed by atoms with E-state index in [0.29, 0.717) is 71.7 Å². The number of carbonyl (C=O) groups excluding carboxylic acids is 1. The van der Waals surface area contributed by atoms with E-state index in [1.807, 2.05) is 0 Å². The number of hydrogen-bond acceptors (Lipinski definition) is 8. The second-order valence-corrected chi connectivity index (χ2v) is 10.8. The van der Waals surface area contributed by atoms with Gasteiger partial charge in [-0.2, -0.15) is 9.46 Å². The van der Waals surface area contributed by atoms with Crippen LogP contribution in [0.25, 0.3) is 5.52 Å². The van der Waals surface area contributed by atoms with Crippen molar-refractivity contribution in [2.24, 2.45) is 4.36 Å². The van der Waals surface area contributed by atoms with Crippen LogP contribution < -0.4 is 15.4 Å². The Labute approximate surface area is 196 Å². The quantitative estimate of drug-likeness (QED) is 0.562. The maximum absolute atomic E-state index is 13.9. The second-order valence-electron chi connectivity index (χ2n) is 8.27. The van der Waals surface area contributed by atoms with Crippen molar-refractivity contribution in [3.05, 3.63) is 47.7 Å². The number of hydrogen-bond donors (Lipinski definition) is 2. The van der Waals surface area contributed by atoms with Gasteiger partial charge in [0.25, 0.3) is 5.91 Å². The highest BCUT2D eigenvalue weighted by Gasteiger charge is 2.23. The van der Waals surface area contributed by atoms with Gasteiger partial charge in [-0.25, -0.2) is 18.1 Å². The SMILES string of the molecule is Cc1c(C(=O)N=S2(=O)CCNCC2)cn2ncnc(Nc3ccc(F)cc3O[C@H]3CCOC3)c12. The molecule has 0 unspecified atom stereocenters. The van der Waals surface area contributed by atoms with Gasteiger partial charge < -0.3 is 20.1 Å². The summed E-state index contributed by atoms with van der Waals surface area (Å²) in [6.45, 7) is 3.95. The fourth-order valence-corrected chi connectivity index (χ4v) is 5.77. The van der Waals surface area contributed by atoms with Gasteiger partial charge in [-0.1, -0.05) is 0 Å². The molecular formula is C22H25FN6O4S. The van der Waals surface area contributed by atoms with Crippen LogP contribution in [0.15, 0.2) is 35.1 Å². The summed E-state index contributed by atoms with van der Waals surface area (Å²) in [4.78, 5) is 17.3. The molecule has 2 N–H and O–H groups in total. The van der Waals surface area contributed by atoms with Gasteiger partial charge in [-0.15, -0.1) is 0 Å². The topological polar surface area (TPSA) is 119 Å². The average Bonchev–Trinajstić information content (AvgIpc) is 3.44. The number of fused-ring (bicyclic) bond motifs is 1. The molecule has 10 nitrogen and oxygen atoms in total. The lowest BCUT2D eigenvalue weighted by molar-refractivity contribution is 0.100. The van der Waals surface area contributed by atoms with Gasteiger partial charge in [0.05, 0.1) is 34.2 Å². The van der Waals surface area contributed by atoms with E-state index in [2.05, 4.69) is 25.1 Å². The summed E-state index contributed by atoms with van der Waals surface area (Å²) in [5.74, 6) is 0.483. The molecule has 0 saturated carbocycles. The average molecular weight is 489 g/mol. The van der Waals surface area contributed by atoms with Crippen LogP contribution in [0.1, 0.15) is 22.3 Å². The summed E-state index contributed by atoms with van der Waals surface area (Å²) in [5, 5.41) is 10.5. The van der Waals surface area contributed by atoms with Gasteiger partial charge in [0.1, 0.15) is 29.5 Å². The molecule has 34 heavy (non-hydrogen) atoms. The van der Waals surface area contributed by atoms with Gasteiger partial charge in [-0.3, -0.25) is 4.79 Å². The molecule has 2 fully saturated rings. The third kappa shape index (κ3) is 4.61. The largest absolute Gasteiger partial charge is 0.486 e. The first kappa shape index (κ1) is 22.7. The first-order chi connectivity index (χ1) is 16.4. The molecule has 1 atom stereocenters. The molecule has 0 bridgehead atoms. The maximum Gasteiger partial charge on any atom is 0.287 e. The molecule has 4 heterocycles. The highest BCUT2D eigenvalue weighted by atomic mass is 32.2. The van der Waals surface area contributed by atoms with Crippen molar-refractivity contribution >= 4 is 32.7 Å². The van der Waals surface area contributed by atoms with Crippen LogP contribution in [0.4, 0.5) is 15.9 Å². The Morgan fingerprint density at radius 2 is 2.21 bits per heavy atom. The van der Waals surface area contributed by atoms with Gasteiger partial charge in [0, 0.05) is 43.3 Å². The molecule has 2 aliphatic heterocycles. The number of amides is 1. The minimum Gasteiger partial charge on any atom is -0.486 e. The Kier molecular flexibility index (Phi) is 6.19. The van der Waals surface area contributed by atoms with Crippen molar-refractivity contribution in [1.82, 2.24) is 19.9 Å². The molecule has 3 aromatic rings. The van der Waals surface area contributed by atoms with E-state index in [0.717, 1.165) is 6.42 Å². The first-order valence-electron chi connectivity index (χ1n) is 11.0. The molecule has 12 heteroatoms. The van der Waals surface area contributed by atoms with Gasteiger partial charge in [-0.05, 0) is 24.6 Å². The van der Waals surface area contributed by atoms with Crippen molar-refractivity contribution in [3.63, 3.8) is 0 Å². The molecule has 2 aliphatic rings. The lowest BCUT2D eigenvalue weighted by Crippen LogP contribution is -2.36. The highest BCUT2D eigenvalue weighted by molar-refractivity contribution is 7.94. The molecular weight excluding hydrogens is 463 g/mol. The van der Waals surface area contributed by atoms with Crippen LogP contribution in [-0.2, 0) is 14.5 Å². The predicted molar refractivity (Wildman–Crippen MR) is 125 cm³/mol. The monoisotopic (exact) mass is 488 g/mol. The molecule has 1 aromatic carbocycles. The number of benzene rings is 1. The Morgan fingerprint density at radius 1 is 1.38 bits per heavy atom. The predicted octanol–water partition coefficient (Wildman–Crippen LogP) is 2.30. The maximum atomic E-state index is 13.9. The fraction of sp³-hybridized carbons (Fsp3) is 0.409. The number of aromatic nitrogens is 3. The summed E-state index contributed by atoms with van der Waals surface area (Å²) in [5.41, 5.74) is 1.98. The second kappa shape index (κ2) is 9.28. The number of rotatable bonds is 5. The van der Waals surface area contributed by atoms with Gasteiger partial charge in [0.15, 0.2) is 5.82 Å². The Balaban J connectivity index is 1.49. The molecule has 5 rings (SSSR count). The molecule has 180 valence electrons. The zero-order valence-corrected chi connectivity index (χ0v) is 19.4. The van der Waals surface area contributed by atoms with E-state index in [4.69, 9.17) is 9.47 Å². The lowest BCUT2D eigenvalue weighted by atomic mass is 10.2. The van der Waals surface area contributed by atoms with Gasteiger partial charge >= 0.3 is 0 Å². The lowest BCUT2D eigenvalue weighted by Gasteiger charge is -2.17. The number of nitrogens with zero attached hydrogens (tertiary/aromatic N) is 4. The minimum atomic E-state index is -2.58. The van der Waals surface area contributed by atoms with Crippen LogP contribution in [-0.4, -0.2) is 68.6 Å². The van der Waals surface area contributed by atoms with Crippen molar-refractivity contribution in [1.29, 1.82) is 0 Å². The zero-order chi connectivity index (χ0) is 23.7. The molecule has 0 radical (unpaired) electrons. The number of anilines is 2. The fourth-order valence-electron chi connectivity index (χ4n) is 4.06. The van der Waals surface area contributed by atoms with E-state index in [-0.39, 0.29) is 6.10 Å². The van der Waals surface area contributed by atoms with Crippen molar-refractivity contribution in [2.75, 3.05) is 43.1 Å². The molecule has 0 spiro atoms. The molecule has 1 amide bonds. The molecule has 0 aliphatic carbocycles.